The highest BCUT2D eigenvalue weighted by atomic mass is 127. The Balaban J connectivity index is 0.00000364. The summed E-state index contributed by atoms with van der Waals surface area (Å²) in [5.74, 6) is 2.31. The van der Waals surface area contributed by atoms with Gasteiger partial charge in [-0.1, -0.05) is 12.1 Å². The van der Waals surface area contributed by atoms with Crippen molar-refractivity contribution in [2.24, 2.45) is 10.7 Å². The number of hydrogen-bond acceptors (Lipinski definition) is 5. The van der Waals surface area contributed by atoms with Crippen LogP contribution in [0.4, 0.5) is 0 Å². The lowest BCUT2D eigenvalue weighted by Crippen LogP contribution is -2.33. The van der Waals surface area contributed by atoms with Gasteiger partial charge in [0.25, 0.3) is 0 Å². The molecule has 1 aromatic carbocycles. The molecular weight excluding hydrogens is 459 g/mol. The van der Waals surface area contributed by atoms with E-state index in [9.17, 15) is 0 Å². The van der Waals surface area contributed by atoms with Crippen molar-refractivity contribution in [2.75, 3.05) is 34.4 Å². The van der Waals surface area contributed by atoms with E-state index in [1.165, 1.54) is 0 Å². The number of aromatic nitrogens is 1. The minimum atomic E-state index is 0. The number of aliphatic imine (C=N–C) groups is 1. The monoisotopic (exact) mass is 486 g/mol. The topological polar surface area (TPSA) is 91.0 Å². The van der Waals surface area contributed by atoms with Crippen LogP contribution in [0.3, 0.4) is 0 Å². The van der Waals surface area contributed by atoms with Crippen LogP contribution in [-0.2, 0) is 12.8 Å². The summed E-state index contributed by atoms with van der Waals surface area (Å²) in [7, 11) is 4.80. The largest absolute Gasteiger partial charge is 0.493 e. The Morgan fingerprint density at radius 1 is 1.04 bits per heavy atom. The molecule has 0 unspecified atom stereocenters. The fourth-order valence-electron chi connectivity index (χ4n) is 2.58. The number of nitrogens with one attached hydrogen (secondary N) is 1. The van der Waals surface area contributed by atoms with Gasteiger partial charge in [0, 0.05) is 37.0 Å². The van der Waals surface area contributed by atoms with Crippen LogP contribution in [0.15, 0.2) is 41.5 Å². The zero-order valence-corrected chi connectivity index (χ0v) is 18.2. The van der Waals surface area contributed by atoms with E-state index >= 15 is 0 Å². The third-order valence-corrected chi connectivity index (χ3v) is 3.86. The Morgan fingerprint density at radius 2 is 1.81 bits per heavy atom. The van der Waals surface area contributed by atoms with Crippen LogP contribution in [0.5, 0.6) is 17.2 Å². The lowest BCUT2D eigenvalue weighted by atomic mass is 10.1. The van der Waals surface area contributed by atoms with Crippen molar-refractivity contribution in [3.8, 4) is 17.2 Å². The Hall–Kier alpha value is -2.23. The zero-order valence-electron chi connectivity index (χ0n) is 15.9. The molecule has 0 aliphatic heterocycles. The van der Waals surface area contributed by atoms with E-state index in [4.69, 9.17) is 19.9 Å². The summed E-state index contributed by atoms with van der Waals surface area (Å²) < 4.78 is 16.2. The predicted molar refractivity (Wildman–Crippen MR) is 118 cm³/mol. The first-order chi connectivity index (χ1) is 12.7. The second-order valence-corrected chi connectivity index (χ2v) is 5.51. The Morgan fingerprint density at radius 3 is 2.44 bits per heavy atom. The van der Waals surface area contributed by atoms with E-state index in [-0.39, 0.29) is 24.0 Å². The smallest absolute Gasteiger partial charge is 0.203 e. The summed E-state index contributed by atoms with van der Waals surface area (Å²) in [5, 5.41) is 3.11. The number of guanidine groups is 1. The van der Waals surface area contributed by atoms with Crippen molar-refractivity contribution in [2.45, 2.75) is 12.8 Å². The summed E-state index contributed by atoms with van der Waals surface area (Å²) in [5.41, 5.74) is 7.92. The molecule has 0 atom stereocenters. The molecule has 0 amide bonds. The summed E-state index contributed by atoms with van der Waals surface area (Å²) >= 11 is 0. The third-order valence-electron chi connectivity index (χ3n) is 3.86. The number of methoxy groups -OCH3 is 3. The van der Waals surface area contributed by atoms with E-state index in [2.05, 4.69) is 15.3 Å². The van der Waals surface area contributed by atoms with Gasteiger partial charge in [-0.05, 0) is 24.6 Å². The molecule has 1 heterocycles. The quantitative estimate of drug-likeness (QED) is 0.322. The molecule has 0 aliphatic carbocycles. The fourth-order valence-corrected chi connectivity index (χ4v) is 2.58. The lowest BCUT2D eigenvalue weighted by Gasteiger charge is -2.16. The van der Waals surface area contributed by atoms with Crippen molar-refractivity contribution in [1.82, 2.24) is 10.3 Å². The Kier molecular flexibility index (Phi) is 10.3. The second kappa shape index (κ2) is 12.2. The molecule has 27 heavy (non-hydrogen) atoms. The molecule has 0 spiro atoms. The molecule has 2 rings (SSSR count). The van der Waals surface area contributed by atoms with Crippen molar-refractivity contribution < 1.29 is 14.2 Å². The number of halogens is 1. The van der Waals surface area contributed by atoms with E-state index in [0.29, 0.717) is 42.7 Å². The molecular formula is C19H27IN4O3. The first kappa shape index (κ1) is 22.8. The van der Waals surface area contributed by atoms with Gasteiger partial charge >= 0.3 is 0 Å². The van der Waals surface area contributed by atoms with Gasteiger partial charge in [-0.3, -0.25) is 9.98 Å². The van der Waals surface area contributed by atoms with E-state index in [0.717, 1.165) is 17.7 Å². The molecule has 0 radical (unpaired) electrons. The number of nitrogens with zero attached hydrogens (tertiary/aromatic N) is 2. The van der Waals surface area contributed by atoms with Crippen LogP contribution in [0, 0.1) is 0 Å². The third kappa shape index (κ3) is 6.78. The normalized spacial score (nSPS) is 10.7. The van der Waals surface area contributed by atoms with Gasteiger partial charge in [0.1, 0.15) is 0 Å². The number of benzene rings is 1. The highest BCUT2D eigenvalue weighted by Gasteiger charge is 2.15. The number of ether oxygens (including phenoxy) is 3. The first-order valence-electron chi connectivity index (χ1n) is 8.41. The van der Waals surface area contributed by atoms with Crippen molar-refractivity contribution >= 4 is 29.9 Å². The molecule has 0 fully saturated rings. The van der Waals surface area contributed by atoms with Crippen molar-refractivity contribution in [3.05, 3.63) is 47.8 Å². The van der Waals surface area contributed by atoms with Crippen LogP contribution in [0.2, 0.25) is 0 Å². The van der Waals surface area contributed by atoms with E-state index in [1.807, 2.05) is 30.3 Å². The molecule has 0 saturated carbocycles. The minimum absolute atomic E-state index is 0. The van der Waals surface area contributed by atoms with Crippen LogP contribution in [0.25, 0.3) is 0 Å². The standard InChI is InChI=1S/C19H26N4O3.HI/c1-24-16-8-7-14(17(25-2)18(16)26-3)9-12-22-19(20)23-13-10-15-6-4-5-11-21-15;/h4-8,11H,9-10,12-13H2,1-3H3,(H3,20,22,23);1H. The van der Waals surface area contributed by atoms with E-state index in [1.54, 1.807) is 27.5 Å². The zero-order chi connectivity index (χ0) is 18.8. The summed E-state index contributed by atoms with van der Waals surface area (Å²) in [6.07, 6.45) is 3.24. The van der Waals surface area contributed by atoms with Crippen molar-refractivity contribution in [1.29, 1.82) is 0 Å². The maximum atomic E-state index is 5.92. The van der Waals surface area contributed by atoms with Crippen LogP contribution in [-0.4, -0.2) is 45.4 Å². The van der Waals surface area contributed by atoms with Gasteiger partial charge in [0.15, 0.2) is 17.5 Å². The average Bonchev–Trinajstić information content (AvgIpc) is 2.68. The predicted octanol–water partition coefficient (Wildman–Crippen LogP) is 2.41. The summed E-state index contributed by atoms with van der Waals surface area (Å²) in [6, 6.07) is 9.65. The van der Waals surface area contributed by atoms with Crippen LogP contribution >= 0.6 is 24.0 Å². The van der Waals surface area contributed by atoms with Gasteiger partial charge in [-0.25, -0.2) is 0 Å². The minimum Gasteiger partial charge on any atom is -0.493 e. The maximum absolute atomic E-state index is 5.92. The molecule has 7 nitrogen and oxygen atoms in total. The molecule has 1 aromatic heterocycles. The van der Waals surface area contributed by atoms with Gasteiger partial charge in [0.2, 0.25) is 5.75 Å². The van der Waals surface area contributed by atoms with Gasteiger partial charge in [-0.15, -0.1) is 24.0 Å². The molecule has 0 saturated heterocycles. The van der Waals surface area contributed by atoms with Crippen LogP contribution in [0.1, 0.15) is 11.3 Å². The average molecular weight is 486 g/mol. The maximum Gasteiger partial charge on any atom is 0.203 e. The summed E-state index contributed by atoms with van der Waals surface area (Å²) in [4.78, 5) is 8.58. The molecule has 8 heteroatoms. The molecule has 148 valence electrons. The number of pyridine rings is 1. The first-order valence-corrected chi connectivity index (χ1v) is 8.41. The highest BCUT2D eigenvalue weighted by molar-refractivity contribution is 14.0. The van der Waals surface area contributed by atoms with Gasteiger partial charge in [0.05, 0.1) is 21.3 Å². The van der Waals surface area contributed by atoms with Gasteiger partial charge < -0.3 is 25.3 Å². The SMILES string of the molecule is COc1ccc(CCNC(N)=NCCc2ccccn2)c(OC)c1OC.I. The summed E-state index contributed by atoms with van der Waals surface area (Å²) in [6.45, 7) is 1.22. The number of nitrogens with two attached hydrogens (primary N) is 1. The molecule has 0 aliphatic rings. The Bertz CT molecular complexity index is 726. The molecule has 0 bridgehead atoms. The highest BCUT2D eigenvalue weighted by Crippen LogP contribution is 2.39. The second-order valence-electron chi connectivity index (χ2n) is 5.51. The lowest BCUT2D eigenvalue weighted by molar-refractivity contribution is 0.322. The number of rotatable bonds is 9. The van der Waals surface area contributed by atoms with Crippen LogP contribution < -0.4 is 25.3 Å². The Labute approximate surface area is 177 Å². The molecule has 3 N–H and O–H groups in total. The fraction of sp³-hybridized carbons (Fsp3) is 0.368. The van der Waals surface area contributed by atoms with Crippen molar-refractivity contribution in [3.63, 3.8) is 0 Å². The van der Waals surface area contributed by atoms with Gasteiger partial charge in [-0.2, -0.15) is 0 Å². The molecule has 2 aromatic rings. The van der Waals surface area contributed by atoms with E-state index < -0.39 is 0 Å². The number of hydrogen-bond donors (Lipinski definition) is 2.